The predicted octanol–water partition coefficient (Wildman–Crippen LogP) is 1.70. The Morgan fingerprint density at radius 3 is 2.31 bits per heavy atom. The smallest absolute Gasteiger partial charge is 0.436 e. The second-order valence-corrected chi connectivity index (χ2v) is 2.23. The highest BCUT2D eigenvalue weighted by atomic mass is 19.4. The molecule has 0 fully saturated rings. The standard InChI is InChI=1S/C6H4F3NO3/c1-2-3(6(7,8)9)10-4(13-2)5(11)12/h1H3,(H,11,12). The Morgan fingerprint density at radius 2 is 2.08 bits per heavy atom. The first-order valence-electron chi connectivity index (χ1n) is 3.10. The van der Waals surface area contributed by atoms with Gasteiger partial charge in [-0.25, -0.2) is 4.79 Å². The van der Waals surface area contributed by atoms with Gasteiger partial charge in [0.15, 0.2) is 5.69 Å². The van der Waals surface area contributed by atoms with Gasteiger partial charge in [0.05, 0.1) is 0 Å². The molecule has 0 atom stereocenters. The maximum absolute atomic E-state index is 12.0. The monoisotopic (exact) mass is 195 g/mol. The zero-order chi connectivity index (χ0) is 10.2. The van der Waals surface area contributed by atoms with Crippen molar-refractivity contribution in [1.82, 2.24) is 4.98 Å². The number of carbonyl (C=O) groups is 1. The normalized spacial score (nSPS) is 11.7. The van der Waals surface area contributed by atoms with Gasteiger partial charge in [0.1, 0.15) is 5.76 Å². The molecule has 0 spiro atoms. The number of aryl methyl sites for hydroxylation is 1. The van der Waals surface area contributed by atoms with Gasteiger partial charge >= 0.3 is 18.0 Å². The Labute approximate surface area is 70.0 Å². The third-order valence-electron chi connectivity index (χ3n) is 1.25. The van der Waals surface area contributed by atoms with Crippen LogP contribution in [0.1, 0.15) is 22.1 Å². The van der Waals surface area contributed by atoms with Crippen LogP contribution in [-0.4, -0.2) is 16.1 Å². The fraction of sp³-hybridized carbons (Fsp3) is 0.333. The molecule has 1 N–H and O–H groups in total. The Morgan fingerprint density at radius 1 is 1.54 bits per heavy atom. The third-order valence-corrected chi connectivity index (χ3v) is 1.25. The van der Waals surface area contributed by atoms with Crippen molar-refractivity contribution in [2.45, 2.75) is 13.1 Å². The Kier molecular flexibility index (Phi) is 2.02. The minimum absolute atomic E-state index is 0.551. The van der Waals surface area contributed by atoms with Gasteiger partial charge in [0.25, 0.3) is 0 Å². The Hall–Kier alpha value is -1.53. The molecule has 0 saturated heterocycles. The van der Waals surface area contributed by atoms with Crippen molar-refractivity contribution in [3.05, 3.63) is 17.3 Å². The first-order chi connectivity index (χ1) is 5.82. The number of aromatic nitrogens is 1. The minimum Gasteiger partial charge on any atom is -0.474 e. The van der Waals surface area contributed by atoms with Crippen molar-refractivity contribution < 1.29 is 27.5 Å². The molecule has 0 unspecified atom stereocenters. The van der Waals surface area contributed by atoms with Gasteiger partial charge in [0.2, 0.25) is 0 Å². The zero-order valence-corrected chi connectivity index (χ0v) is 6.34. The van der Waals surface area contributed by atoms with Crippen LogP contribution in [0, 0.1) is 6.92 Å². The van der Waals surface area contributed by atoms with Crippen LogP contribution in [0.3, 0.4) is 0 Å². The number of alkyl halides is 3. The van der Waals surface area contributed by atoms with Crippen molar-refractivity contribution in [1.29, 1.82) is 0 Å². The first kappa shape index (κ1) is 9.56. The van der Waals surface area contributed by atoms with Crippen LogP contribution in [0.5, 0.6) is 0 Å². The van der Waals surface area contributed by atoms with E-state index in [9.17, 15) is 18.0 Å². The molecular formula is C6H4F3NO3. The molecule has 0 aliphatic rings. The second kappa shape index (κ2) is 2.75. The molecule has 1 aromatic heterocycles. The van der Waals surface area contributed by atoms with Crippen LogP contribution in [0.2, 0.25) is 0 Å². The van der Waals surface area contributed by atoms with Crippen LogP contribution in [0.25, 0.3) is 0 Å². The van der Waals surface area contributed by atoms with E-state index in [1.807, 2.05) is 0 Å². The van der Waals surface area contributed by atoms with E-state index in [0.717, 1.165) is 6.92 Å². The van der Waals surface area contributed by atoms with E-state index < -0.39 is 29.5 Å². The van der Waals surface area contributed by atoms with E-state index >= 15 is 0 Å². The summed E-state index contributed by atoms with van der Waals surface area (Å²) >= 11 is 0. The first-order valence-corrected chi connectivity index (χ1v) is 3.10. The number of hydrogen-bond acceptors (Lipinski definition) is 3. The molecule has 13 heavy (non-hydrogen) atoms. The van der Waals surface area contributed by atoms with Crippen LogP contribution in [-0.2, 0) is 6.18 Å². The summed E-state index contributed by atoms with van der Waals surface area (Å²) in [6.07, 6.45) is -4.68. The van der Waals surface area contributed by atoms with E-state index in [0.29, 0.717) is 0 Å². The van der Waals surface area contributed by atoms with Crippen molar-refractivity contribution in [2.24, 2.45) is 0 Å². The molecule has 0 saturated carbocycles. The fourth-order valence-electron chi connectivity index (χ4n) is 0.751. The van der Waals surface area contributed by atoms with Gasteiger partial charge in [-0.1, -0.05) is 0 Å². The van der Waals surface area contributed by atoms with Gasteiger partial charge < -0.3 is 9.52 Å². The maximum atomic E-state index is 12.0. The van der Waals surface area contributed by atoms with E-state index in [1.54, 1.807) is 0 Å². The highest BCUT2D eigenvalue weighted by molar-refractivity contribution is 5.82. The van der Waals surface area contributed by atoms with Gasteiger partial charge in [-0.05, 0) is 6.92 Å². The summed E-state index contributed by atoms with van der Waals surface area (Å²) in [5, 5.41) is 8.26. The number of rotatable bonds is 1. The molecule has 72 valence electrons. The molecule has 7 heteroatoms. The van der Waals surface area contributed by atoms with E-state index in [1.165, 1.54) is 0 Å². The van der Waals surface area contributed by atoms with Crippen LogP contribution in [0.4, 0.5) is 13.2 Å². The molecule has 0 aliphatic heterocycles. The zero-order valence-electron chi connectivity index (χ0n) is 6.34. The highest BCUT2D eigenvalue weighted by Gasteiger charge is 2.38. The summed E-state index contributed by atoms with van der Waals surface area (Å²) < 4.78 is 40.3. The topological polar surface area (TPSA) is 63.3 Å². The lowest BCUT2D eigenvalue weighted by molar-refractivity contribution is -0.141. The molecule has 0 bridgehead atoms. The lowest BCUT2D eigenvalue weighted by Gasteiger charge is -2.00. The fourth-order valence-corrected chi connectivity index (χ4v) is 0.751. The Bertz CT molecular complexity index is 341. The van der Waals surface area contributed by atoms with Gasteiger partial charge in [-0.2, -0.15) is 18.2 Å². The summed E-state index contributed by atoms with van der Waals surface area (Å²) in [5.41, 5.74) is -1.30. The van der Waals surface area contributed by atoms with Crippen molar-refractivity contribution in [3.63, 3.8) is 0 Å². The largest absolute Gasteiger partial charge is 0.474 e. The van der Waals surface area contributed by atoms with Gasteiger partial charge in [-0.3, -0.25) is 0 Å². The number of halogens is 3. The summed E-state index contributed by atoms with van der Waals surface area (Å²) in [6, 6.07) is 0. The number of aromatic carboxylic acids is 1. The minimum atomic E-state index is -4.68. The lowest BCUT2D eigenvalue weighted by Crippen LogP contribution is -2.08. The van der Waals surface area contributed by atoms with Gasteiger partial charge in [0, 0.05) is 0 Å². The number of carboxylic acid groups (broad SMARTS) is 1. The highest BCUT2D eigenvalue weighted by Crippen LogP contribution is 2.31. The molecule has 0 radical (unpaired) electrons. The van der Waals surface area contributed by atoms with Crippen molar-refractivity contribution >= 4 is 5.97 Å². The second-order valence-electron chi connectivity index (χ2n) is 2.23. The van der Waals surface area contributed by atoms with Gasteiger partial charge in [-0.15, -0.1) is 0 Å². The lowest BCUT2D eigenvalue weighted by atomic mass is 10.4. The number of nitrogens with zero attached hydrogens (tertiary/aromatic N) is 1. The van der Waals surface area contributed by atoms with E-state index in [2.05, 4.69) is 9.40 Å². The molecule has 0 aromatic carbocycles. The number of hydrogen-bond donors (Lipinski definition) is 1. The molecule has 4 nitrogen and oxygen atoms in total. The number of oxazole rings is 1. The molecule has 0 amide bonds. The molecule has 1 aromatic rings. The van der Waals surface area contributed by atoms with Crippen LogP contribution in [0.15, 0.2) is 4.42 Å². The summed E-state index contributed by atoms with van der Waals surface area (Å²) in [7, 11) is 0. The van der Waals surface area contributed by atoms with Crippen LogP contribution < -0.4 is 0 Å². The molecule has 1 heterocycles. The quantitative estimate of drug-likeness (QED) is 0.740. The van der Waals surface area contributed by atoms with Crippen molar-refractivity contribution in [2.75, 3.05) is 0 Å². The average molecular weight is 195 g/mol. The predicted molar refractivity (Wildman–Crippen MR) is 33.2 cm³/mol. The van der Waals surface area contributed by atoms with E-state index in [4.69, 9.17) is 5.11 Å². The SMILES string of the molecule is Cc1oc(C(=O)O)nc1C(F)(F)F. The Balaban J connectivity index is 3.18. The molecular weight excluding hydrogens is 191 g/mol. The maximum Gasteiger partial charge on any atom is 0.436 e. The van der Waals surface area contributed by atoms with E-state index in [-0.39, 0.29) is 0 Å². The molecule has 0 aliphatic carbocycles. The average Bonchev–Trinajstić information content (AvgIpc) is 2.29. The third kappa shape index (κ3) is 1.79. The summed E-state index contributed by atoms with van der Waals surface area (Å²) in [4.78, 5) is 13.0. The van der Waals surface area contributed by atoms with Crippen molar-refractivity contribution in [3.8, 4) is 0 Å². The van der Waals surface area contributed by atoms with Crippen LogP contribution >= 0.6 is 0 Å². The summed E-state index contributed by atoms with van der Waals surface area (Å²) in [5.74, 6) is -3.13. The number of carboxylic acids is 1. The molecule has 1 rings (SSSR count). The summed E-state index contributed by atoms with van der Waals surface area (Å²) in [6.45, 7) is 1.00.